The minimum Gasteiger partial charge on any atom is -0.324 e. The van der Waals surface area contributed by atoms with Gasteiger partial charge in [-0.15, -0.1) is 0 Å². The molecule has 76 valence electrons. The third-order valence-electron chi connectivity index (χ3n) is 2.77. The quantitative estimate of drug-likeness (QED) is 0.680. The topological polar surface area (TPSA) is 29.3 Å². The van der Waals surface area contributed by atoms with Crippen molar-refractivity contribution in [3.8, 4) is 0 Å². The molecular formula is C11H15FN2. The van der Waals surface area contributed by atoms with E-state index in [0.717, 1.165) is 30.6 Å². The fraction of sp³-hybridized carbons (Fsp3) is 0.455. The van der Waals surface area contributed by atoms with Gasteiger partial charge in [0.25, 0.3) is 0 Å². The SMILES string of the molecule is CN1CCC(N)c2cc(F)ccc2C1. The second-order valence-electron chi connectivity index (χ2n) is 3.98. The summed E-state index contributed by atoms with van der Waals surface area (Å²) in [7, 11) is 2.06. The molecule has 1 aliphatic rings. The zero-order valence-electron chi connectivity index (χ0n) is 8.33. The van der Waals surface area contributed by atoms with Crippen LogP contribution in [0.4, 0.5) is 4.39 Å². The minimum absolute atomic E-state index is 0.0225. The van der Waals surface area contributed by atoms with Crippen LogP contribution in [-0.2, 0) is 6.54 Å². The molecule has 0 bridgehead atoms. The van der Waals surface area contributed by atoms with Crippen LogP contribution in [0.15, 0.2) is 18.2 Å². The van der Waals surface area contributed by atoms with Crippen LogP contribution in [0.3, 0.4) is 0 Å². The fourth-order valence-electron chi connectivity index (χ4n) is 1.94. The van der Waals surface area contributed by atoms with E-state index in [9.17, 15) is 4.39 Å². The Bertz CT molecular complexity index is 338. The molecule has 1 atom stereocenters. The van der Waals surface area contributed by atoms with Gasteiger partial charge >= 0.3 is 0 Å². The van der Waals surface area contributed by atoms with Crippen LogP contribution >= 0.6 is 0 Å². The summed E-state index contributed by atoms with van der Waals surface area (Å²) in [5.41, 5.74) is 8.10. The monoisotopic (exact) mass is 194 g/mol. The van der Waals surface area contributed by atoms with Gasteiger partial charge in [-0.3, -0.25) is 0 Å². The summed E-state index contributed by atoms with van der Waals surface area (Å²) in [5.74, 6) is -0.191. The van der Waals surface area contributed by atoms with Crippen LogP contribution in [0.5, 0.6) is 0 Å². The second kappa shape index (κ2) is 3.67. The van der Waals surface area contributed by atoms with Crippen molar-refractivity contribution in [3.05, 3.63) is 35.1 Å². The molecule has 0 radical (unpaired) electrons. The molecule has 0 saturated carbocycles. The molecule has 14 heavy (non-hydrogen) atoms. The van der Waals surface area contributed by atoms with E-state index < -0.39 is 0 Å². The van der Waals surface area contributed by atoms with Gasteiger partial charge in [-0.1, -0.05) is 6.07 Å². The Labute approximate surface area is 83.5 Å². The van der Waals surface area contributed by atoms with Gasteiger partial charge in [0.2, 0.25) is 0 Å². The number of fused-ring (bicyclic) bond motifs is 1. The van der Waals surface area contributed by atoms with E-state index in [1.54, 1.807) is 6.07 Å². The molecule has 1 aliphatic heterocycles. The van der Waals surface area contributed by atoms with Gasteiger partial charge in [-0.25, -0.2) is 4.39 Å². The lowest BCUT2D eigenvalue weighted by Crippen LogP contribution is -2.18. The lowest BCUT2D eigenvalue weighted by atomic mass is 10.00. The Balaban J connectivity index is 2.42. The summed E-state index contributed by atoms with van der Waals surface area (Å²) in [6, 6.07) is 4.89. The maximum atomic E-state index is 13.0. The normalized spacial score (nSPS) is 22.9. The van der Waals surface area contributed by atoms with Gasteiger partial charge in [-0.2, -0.15) is 0 Å². The highest BCUT2D eigenvalue weighted by Crippen LogP contribution is 2.24. The lowest BCUT2D eigenvalue weighted by molar-refractivity contribution is 0.325. The molecule has 1 aromatic carbocycles. The molecule has 2 nitrogen and oxygen atoms in total. The van der Waals surface area contributed by atoms with Crippen molar-refractivity contribution >= 4 is 0 Å². The van der Waals surface area contributed by atoms with Crippen molar-refractivity contribution in [1.29, 1.82) is 0 Å². The largest absolute Gasteiger partial charge is 0.324 e. The fourth-order valence-corrected chi connectivity index (χ4v) is 1.94. The molecule has 0 spiro atoms. The number of hydrogen-bond donors (Lipinski definition) is 1. The molecule has 1 heterocycles. The molecule has 2 N–H and O–H groups in total. The Morgan fingerprint density at radius 3 is 3.07 bits per heavy atom. The van der Waals surface area contributed by atoms with Crippen LogP contribution in [0.25, 0.3) is 0 Å². The maximum Gasteiger partial charge on any atom is 0.123 e. The van der Waals surface area contributed by atoms with E-state index in [1.807, 2.05) is 6.07 Å². The third-order valence-corrected chi connectivity index (χ3v) is 2.77. The zero-order valence-corrected chi connectivity index (χ0v) is 8.33. The van der Waals surface area contributed by atoms with E-state index in [0.29, 0.717) is 0 Å². The van der Waals surface area contributed by atoms with E-state index in [2.05, 4.69) is 11.9 Å². The molecule has 0 fully saturated rings. The van der Waals surface area contributed by atoms with Gasteiger partial charge in [0, 0.05) is 12.6 Å². The average Bonchev–Trinajstić information content (AvgIpc) is 2.29. The minimum atomic E-state index is -0.191. The van der Waals surface area contributed by atoms with Gasteiger partial charge in [0.15, 0.2) is 0 Å². The first-order valence-corrected chi connectivity index (χ1v) is 4.89. The first-order chi connectivity index (χ1) is 6.66. The summed E-state index contributed by atoms with van der Waals surface area (Å²) in [5, 5.41) is 0. The molecule has 2 rings (SSSR count). The molecule has 3 heteroatoms. The van der Waals surface area contributed by atoms with Crippen molar-refractivity contribution < 1.29 is 4.39 Å². The summed E-state index contributed by atoms with van der Waals surface area (Å²) in [6.07, 6.45) is 0.896. The standard InChI is InChI=1S/C11H15FN2/c1-14-5-4-11(13)10-6-9(12)3-2-8(10)7-14/h2-3,6,11H,4-5,7,13H2,1H3. The number of benzene rings is 1. The van der Waals surface area contributed by atoms with Crippen LogP contribution in [0, 0.1) is 5.82 Å². The zero-order chi connectivity index (χ0) is 10.1. The van der Waals surface area contributed by atoms with Crippen LogP contribution < -0.4 is 5.73 Å². The average molecular weight is 194 g/mol. The summed E-state index contributed by atoms with van der Waals surface area (Å²) >= 11 is 0. The molecule has 1 unspecified atom stereocenters. The van der Waals surface area contributed by atoms with Crippen LogP contribution in [0.2, 0.25) is 0 Å². The van der Waals surface area contributed by atoms with E-state index in [4.69, 9.17) is 5.73 Å². The molecule has 0 aliphatic carbocycles. The molecule has 0 aromatic heterocycles. The predicted octanol–water partition coefficient (Wildman–Crippen LogP) is 1.66. The molecule has 1 aromatic rings. The Hall–Kier alpha value is -0.930. The van der Waals surface area contributed by atoms with Gasteiger partial charge in [-0.05, 0) is 43.3 Å². The molecular weight excluding hydrogens is 179 g/mol. The van der Waals surface area contributed by atoms with Crippen molar-refractivity contribution in [3.63, 3.8) is 0 Å². The number of rotatable bonds is 0. The number of nitrogens with two attached hydrogens (primary N) is 1. The first-order valence-electron chi connectivity index (χ1n) is 4.89. The van der Waals surface area contributed by atoms with Gasteiger partial charge < -0.3 is 10.6 Å². The van der Waals surface area contributed by atoms with E-state index in [1.165, 1.54) is 6.07 Å². The Morgan fingerprint density at radius 1 is 1.50 bits per heavy atom. The summed E-state index contributed by atoms with van der Waals surface area (Å²) in [6.45, 7) is 1.83. The van der Waals surface area contributed by atoms with Crippen molar-refractivity contribution in [1.82, 2.24) is 4.90 Å². The van der Waals surface area contributed by atoms with E-state index >= 15 is 0 Å². The highest BCUT2D eigenvalue weighted by molar-refractivity contribution is 5.31. The summed E-state index contributed by atoms with van der Waals surface area (Å²) < 4.78 is 13.0. The van der Waals surface area contributed by atoms with Crippen molar-refractivity contribution in [2.24, 2.45) is 5.73 Å². The van der Waals surface area contributed by atoms with Gasteiger partial charge in [0.1, 0.15) is 5.82 Å². The highest BCUT2D eigenvalue weighted by atomic mass is 19.1. The van der Waals surface area contributed by atoms with Crippen molar-refractivity contribution in [2.45, 2.75) is 19.0 Å². The van der Waals surface area contributed by atoms with Crippen molar-refractivity contribution in [2.75, 3.05) is 13.6 Å². The van der Waals surface area contributed by atoms with E-state index in [-0.39, 0.29) is 11.9 Å². The maximum absolute atomic E-state index is 13.0. The molecule has 0 amide bonds. The second-order valence-corrected chi connectivity index (χ2v) is 3.98. The third kappa shape index (κ3) is 1.79. The van der Waals surface area contributed by atoms with Crippen LogP contribution in [-0.4, -0.2) is 18.5 Å². The molecule has 0 saturated heterocycles. The first kappa shape index (κ1) is 9.62. The number of halogens is 1. The Kier molecular flexibility index (Phi) is 2.52. The Morgan fingerprint density at radius 2 is 2.29 bits per heavy atom. The summed E-state index contributed by atoms with van der Waals surface area (Å²) in [4.78, 5) is 2.21. The van der Waals surface area contributed by atoms with Gasteiger partial charge in [0.05, 0.1) is 0 Å². The smallest absolute Gasteiger partial charge is 0.123 e. The van der Waals surface area contributed by atoms with Crippen LogP contribution in [0.1, 0.15) is 23.6 Å². The number of nitrogens with zero attached hydrogens (tertiary/aromatic N) is 1. The highest BCUT2D eigenvalue weighted by Gasteiger charge is 2.17. The predicted molar refractivity (Wildman–Crippen MR) is 54.3 cm³/mol. The lowest BCUT2D eigenvalue weighted by Gasteiger charge is -2.12. The number of hydrogen-bond acceptors (Lipinski definition) is 2.